The van der Waals surface area contributed by atoms with Crippen LogP contribution in [0, 0.1) is 0 Å². The second kappa shape index (κ2) is 6.19. The Balaban J connectivity index is 2.98. The molecule has 0 bridgehead atoms. The van der Waals surface area contributed by atoms with Crippen molar-refractivity contribution >= 4 is 28.0 Å². The normalized spacial score (nSPS) is 12.2. The van der Waals surface area contributed by atoms with Crippen LogP contribution in [-0.4, -0.2) is 49.1 Å². The van der Waals surface area contributed by atoms with Crippen molar-refractivity contribution in [2.75, 3.05) is 13.7 Å². The molecule has 0 aromatic carbocycles. The van der Waals surface area contributed by atoms with Crippen LogP contribution in [-0.2, 0) is 0 Å². The number of pyridine rings is 1. The standard InChI is InChI=1S/C9H8F3N2O2.3CH3.Sn/c1-16-7-2-3-13-4-6(7)8(15)14-5-9(10,11)12;;;;/h2,4H,5H2,1H3,(H,14,15);3*1H3;. The van der Waals surface area contributed by atoms with E-state index in [-0.39, 0.29) is 11.3 Å². The molecule has 0 radical (unpaired) electrons. The number of alkyl halides is 3. The molecule has 0 aliphatic rings. The summed E-state index contributed by atoms with van der Waals surface area (Å²) >= 11 is -2.42. The van der Waals surface area contributed by atoms with E-state index in [0.29, 0.717) is 0 Å². The summed E-state index contributed by atoms with van der Waals surface area (Å²) in [6, 6.07) is 1.65. The molecule has 1 rings (SSSR count). The zero-order valence-electron chi connectivity index (χ0n) is 11.8. The van der Waals surface area contributed by atoms with Crippen molar-refractivity contribution in [3.05, 3.63) is 17.8 Å². The van der Waals surface area contributed by atoms with Crippen molar-refractivity contribution in [3.63, 3.8) is 0 Å². The molecule has 0 spiro atoms. The fourth-order valence-corrected chi connectivity index (χ4v) is 4.36. The van der Waals surface area contributed by atoms with Gasteiger partial charge < -0.3 is 0 Å². The maximum atomic E-state index is 12.1. The van der Waals surface area contributed by atoms with E-state index < -0.39 is 37.0 Å². The molecule has 0 saturated carbocycles. The number of carbonyl (C=O) groups is 1. The summed E-state index contributed by atoms with van der Waals surface area (Å²) in [5.41, 5.74) is 0.0102. The molecule has 1 amide bonds. The first-order valence-corrected chi connectivity index (χ1v) is 15.9. The number of hydrogen-bond donors (Lipinski definition) is 1. The van der Waals surface area contributed by atoms with E-state index >= 15 is 0 Å². The molecule has 8 heteroatoms. The molecule has 0 aliphatic carbocycles. The van der Waals surface area contributed by atoms with E-state index in [1.807, 2.05) is 0 Å². The number of nitrogens with zero attached hydrogens (tertiary/aromatic N) is 1. The first-order valence-electron chi connectivity index (χ1n) is 5.94. The van der Waals surface area contributed by atoms with E-state index in [1.165, 1.54) is 13.3 Å². The first kappa shape index (κ1) is 17.1. The van der Waals surface area contributed by atoms with E-state index in [1.54, 1.807) is 11.4 Å². The van der Waals surface area contributed by atoms with Crippen LogP contribution in [0.1, 0.15) is 10.4 Å². The van der Waals surface area contributed by atoms with Crippen molar-refractivity contribution in [1.82, 2.24) is 10.3 Å². The van der Waals surface area contributed by atoms with Gasteiger partial charge in [-0.15, -0.1) is 0 Å². The molecule has 1 heterocycles. The summed E-state index contributed by atoms with van der Waals surface area (Å²) in [6.07, 6.45) is -3.17. The molecular weight excluding hydrogens is 380 g/mol. The van der Waals surface area contributed by atoms with Gasteiger partial charge in [-0.3, -0.25) is 0 Å². The molecule has 0 saturated heterocycles. The van der Waals surface area contributed by atoms with Crippen LogP contribution >= 0.6 is 0 Å². The van der Waals surface area contributed by atoms with Crippen LogP contribution in [0.4, 0.5) is 13.2 Å². The summed E-state index contributed by atoms with van der Waals surface area (Å²) in [4.78, 5) is 22.3. The molecule has 0 aliphatic heterocycles. The SMILES string of the molecule is COc1c[c]([Sn]([CH3])([CH3])[CH3])ncc1C(=O)NCC(F)(F)F. The number of hydrogen-bond acceptors (Lipinski definition) is 3. The Morgan fingerprint density at radius 2 is 2.00 bits per heavy atom. The Hall–Kier alpha value is -0.991. The summed E-state index contributed by atoms with van der Waals surface area (Å²) < 4.78 is 42.2. The molecule has 4 nitrogen and oxygen atoms in total. The van der Waals surface area contributed by atoms with Crippen LogP contribution in [0.3, 0.4) is 0 Å². The number of rotatable bonds is 4. The van der Waals surface area contributed by atoms with Gasteiger partial charge in [-0.05, 0) is 0 Å². The Kier molecular flexibility index (Phi) is 5.28. The molecule has 1 aromatic heterocycles. The van der Waals surface area contributed by atoms with Gasteiger partial charge in [0.25, 0.3) is 0 Å². The van der Waals surface area contributed by atoms with Crippen LogP contribution in [0.15, 0.2) is 12.3 Å². The molecular formula is C12H17F3N2O2Sn. The van der Waals surface area contributed by atoms with Gasteiger partial charge in [0.15, 0.2) is 0 Å². The second-order valence-electron chi connectivity index (χ2n) is 5.32. The molecule has 112 valence electrons. The quantitative estimate of drug-likeness (QED) is 0.791. The van der Waals surface area contributed by atoms with Gasteiger partial charge in [0.2, 0.25) is 0 Å². The number of amides is 1. The fourth-order valence-electron chi connectivity index (χ4n) is 1.46. The van der Waals surface area contributed by atoms with Gasteiger partial charge in [-0.2, -0.15) is 0 Å². The molecule has 0 atom stereocenters. The summed E-state index contributed by atoms with van der Waals surface area (Å²) in [5.74, 6) is -0.594. The monoisotopic (exact) mass is 398 g/mol. The summed E-state index contributed by atoms with van der Waals surface area (Å²) in [6.45, 7) is -1.38. The Morgan fingerprint density at radius 1 is 1.40 bits per heavy atom. The predicted octanol–water partition coefficient (Wildman–Crippen LogP) is 1.93. The Labute approximate surface area is 119 Å². The number of carbonyl (C=O) groups excluding carboxylic acids is 1. The van der Waals surface area contributed by atoms with Crippen molar-refractivity contribution in [2.45, 2.75) is 21.0 Å². The predicted molar refractivity (Wildman–Crippen MR) is 72.2 cm³/mol. The minimum absolute atomic E-state index is 0.0102. The van der Waals surface area contributed by atoms with Crippen LogP contribution in [0.2, 0.25) is 14.8 Å². The number of nitrogens with one attached hydrogen (secondary N) is 1. The third kappa shape index (κ3) is 4.84. The van der Waals surface area contributed by atoms with Crippen molar-refractivity contribution in [3.8, 4) is 5.75 Å². The number of halogens is 3. The van der Waals surface area contributed by atoms with Gasteiger partial charge in [-0.25, -0.2) is 0 Å². The zero-order chi connectivity index (χ0) is 15.6. The topological polar surface area (TPSA) is 51.2 Å². The number of aromatic nitrogens is 1. The van der Waals surface area contributed by atoms with Crippen LogP contribution < -0.4 is 13.8 Å². The molecule has 20 heavy (non-hydrogen) atoms. The van der Waals surface area contributed by atoms with Crippen LogP contribution in [0.5, 0.6) is 5.75 Å². The molecule has 1 aromatic rings. The summed E-state index contributed by atoms with van der Waals surface area (Å²) in [7, 11) is 1.37. The average Bonchev–Trinajstić information content (AvgIpc) is 2.33. The first-order chi connectivity index (χ1) is 9.04. The van der Waals surface area contributed by atoms with Gasteiger partial charge in [0, 0.05) is 0 Å². The van der Waals surface area contributed by atoms with Gasteiger partial charge in [0.1, 0.15) is 0 Å². The summed E-state index contributed by atoms with van der Waals surface area (Å²) in [5, 5.41) is 1.81. The van der Waals surface area contributed by atoms with E-state index in [0.717, 1.165) is 3.71 Å². The minimum atomic E-state index is -4.45. The number of methoxy groups -OCH3 is 1. The maximum absolute atomic E-state index is 12.1. The van der Waals surface area contributed by atoms with E-state index in [9.17, 15) is 18.0 Å². The number of ether oxygens (including phenoxy) is 1. The molecule has 0 unspecified atom stereocenters. The molecule has 0 fully saturated rings. The van der Waals surface area contributed by atoms with Gasteiger partial charge in [0.05, 0.1) is 0 Å². The zero-order valence-corrected chi connectivity index (χ0v) is 14.6. The van der Waals surface area contributed by atoms with E-state index in [4.69, 9.17) is 4.74 Å². The van der Waals surface area contributed by atoms with Crippen molar-refractivity contribution in [2.24, 2.45) is 0 Å². The van der Waals surface area contributed by atoms with Crippen molar-refractivity contribution in [1.29, 1.82) is 0 Å². The third-order valence-corrected chi connectivity index (χ3v) is 7.72. The van der Waals surface area contributed by atoms with Crippen LogP contribution in [0.25, 0.3) is 0 Å². The molecule has 1 N–H and O–H groups in total. The van der Waals surface area contributed by atoms with Crippen molar-refractivity contribution < 1.29 is 22.7 Å². The second-order valence-corrected chi connectivity index (χ2v) is 19.6. The Morgan fingerprint density at radius 3 is 2.45 bits per heavy atom. The van der Waals surface area contributed by atoms with E-state index in [2.05, 4.69) is 19.8 Å². The fraction of sp³-hybridized carbons (Fsp3) is 0.500. The third-order valence-electron chi connectivity index (χ3n) is 2.55. The Bertz CT molecular complexity index is 498. The average molecular weight is 397 g/mol. The van der Waals surface area contributed by atoms with Gasteiger partial charge >= 0.3 is 119 Å². The van der Waals surface area contributed by atoms with Gasteiger partial charge in [-0.1, -0.05) is 0 Å².